The van der Waals surface area contributed by atoms with E-state index in [9.17, 15) is 18.0 Å². The number of rotatable bonds is 6. The van der Waals surface area contributed by atoms with Crippen LogP contribution in [0.3, 0.4) is 0 Å². The highest BCUT2D eigenvalue weighted by Gasteiger charge is 2.29. The van der Waals surface area contributed by atoms with Crippen molar-refractivity contribution < 1.29 is 18.0 Å². The molecule has 0 heterocycles. The molecule has 0 aromatic heterocycles. The van der Waals surface area contributed by atoms with E-state index in [2.05, 4.69) is 4.99 Å². The zero-order valence-corrected chi connectivity index (χ0v) is 16.4. The Morgan fingerprint density at radius 3 is 2.17 bits per heavy atom. The van der Waals surface area contributed by atoms with E-state index in [0.717, 1.165) is 17.0 Å². The second-order valence-corrected chi connectivity index (χ2v) is 7.52. The fourth-order valence-electron chi connectivity index (χ4n) is 2.68. The number of nitrogens with zero attached hydrogens (tertiary/aromatic N) is 1. The second kappa shape index (κ2) is 9.09. The molecular formula is C23H18F3NOS. The molecule has 3 rings (SSSR count). The molecule has 29 heavy (non-hydrogen) atoms. The molecule has 3 aromatic carbocycles. The van der Waals surface area contributed by atoms with E-state index in [-0.39, 0.29) is 12.2 Å². The Hall–Kier alpha value is -2.86. The lowest BCUT2D eigenvalue weighted by Crippen LogP contribution is -2.05. The van der Waals surface area contributed by atoms with Gasteiger partial charge in [-0.3, -0.25) is 9.79 Å². The van der Waals surface area contributed by atoms with E-state index < -0.39 is 11.7 Å². The molecule has 0 aliphatic carbocycles. The standard InChI is InChI=1S/C23H18F3NOS/c1-16(15-21(28)17-7-3-2-4-8-17)27-20-9-5-6-10-22(20)29-19-13-11-18(12-14-19)23(24,25)26/h2-14H,15H2,1H3. The molecule has 0 aliphatic rings. The predicted molar refractivity (Wildman–Crippen MR) is 110 cm³/mol. The van der Waals surface area contributed by atoms with Crippen LogP contribution in [0.15, 0.2) is 93.6 Å². The van der Waals surface area contributed by atoms with Gasteiger partial charge in [0.05, 0.1) is 11.3 Å². The maximum Gasteiger partial charge on any atom is 0.416 e. The van der Waals surface area contributed by atoms with Crippen molar-refractivity contribution in [3.8, 4) is 0 Å². The summed E-state index contributed by atoms with van der Waals surface area (Å²) < 4.78 is 38.2. The van der Waals surface area contributed by atoms with Crippen molar-refractivity contribution in [3.63, 3.8) is 0 Å². The fourth-order valence-corrected chi connectivity index (χ4v) is 3.57. The van der Waals surface area contributed by atoms with Gasteiger partial charge in [-0.25, -0.2) is 0 Å². The number of aliphatic imine (C=N–C) groups is 1. The highest BCUT2D eigenvalue weighted by molar-refractivity contribution is 7.99. The van der Waals surface area contributed by atoms with Crippen LogP contribution in [0.4, 0.5) is 18.9 Å². The van der Waals surface area contributed by atoms with Gasteiger partial charge >= 0.3 is 6.18 Å². The van der Waals surface area contributed by atoms with Crippen LogP contribution in [0.25, 0.3) is 0 Å². The molecule has 0 atom stereocenters. The van der Waals surface area contributed by atoms with E-state index >= 15 is 0 Å². The molecule has 0 saturated carbocycles. The van der Waals surface area contributed by atoms with Crippen LogP contribution in [0.2, 0.25) is 0 Å². The van der Waals surface area contributed by atoms with Crippen LogP contribution in [0.5, 0.6) is 0 Å². The van der Waals surface area contributed by atoms with Crippen molar-refractivity contribution in [2.45, 2.75) is 29.3 Å². The molecule has 2 nitrogen and oxygen atoms in total. The number of hydrogen-bond acceptors (Lipinski definition) is 3. The molecule has 0 unspecified atom stereocenters. The van der Waals surface area contributed by atoms with Crippen LogP contribution in [0.1, 0.15) is 29.3 Å². The summed E-state index contributed by atoms with van der Waals surface area (Å²) in [6.45, 7) is 1.79. The van der Waals surface area contributed by atoms with E-state index in [0.29, 0.717) is 21.9 Å². The van der Waals surface area contributed by atoms with Crippen LogP contribution < -0.4 is 0 Å². The molecule has 0 aliphatic heterocycles. The van der Waals surface area contributed by atoms with Gasteiger partial charge in [-0.15, -0.1) is 0 Å². The molecule has 0 spiro atoms. The average Bonchev–Trinajstić information content (AvgIpc) is 2.70. The SMILES string of the molecule is CC(CC(=O)c1ccccc1)=Nc1ccccc1Sc1ccc(C(F)(F)F)cc1. The number of carbonyl (C=O) groups is 1. The summed E-state index contributed by atoms with van der Waals surface area (Å²) in [5.74, 6) is -0.0141. The number of carbonyl (C=O) groups excluding carboxylic acids is 1. The molecule has 0 radical (unpaired) electrons. The summed E-state index contributed by atoms with van der Waals surface area (Å²) in [6.07, 6.45) is -4.16. The predicted octanol–water partition coefficient (Wildman–Crippen LogP) is 7.22. The summed E-state index contributed by atoms with van der Waals surface area (Å²) in [5, 5.41) is 0. The molecule has 0 N–H and O–H groups in total. The van der Waals surface area contributed by atoms with Crippen molar-refractivity contribution >= 4 is 28.9 Å². The Morgan fingerprint density at radius 2 is 1.52 bits per heavy atom. The lowest BCUT2D eigenvalue weighted by Gasteiger charge is -2.09. The van der Waals surface area contributed by atoms with Gasteiger partial charge in [0.2, 0.25) is 0 Å². The first-order valence-electron chi connectivity index (χ1n) is 8.89. The third kappa shape index (κ3) is 5.81. The Bertz CT molecular complexity index is 1010. The maximum atomic E-state index is 12.7. The van der Waals surface area contributed by atoms with Crippen molar-refractivity contribution in [1.29, 1.82) is 0 Å². The molecule has 0 amide bonds. The van der Waals surface area contributed by atoms with Gasteiger partial charge in [0.15, 0.2) is 5.78 Å². The summed E-state index contributed by atoms with van der Waals surface area (Å²) in [5.41, 5.74) is 1.30. The van der Waals surface area contributed by atoms with Crippen LogP contribution >= 0.6 is 11.8 Å². The first kappa shape index (κ1) is 20.9. The molecular weight excluding hydrogens is 395 g/mol. The molecule has 148 valence electrons. The van der Waals surface area contributed by atoms with Gasteiger partial charge in [0.1, 0.15) is 0 Å². The van der Waals surface area contributed by atoms with Gasteiger partial charge in [0.25, 0.3) is 0 Å². The third-order valence-electron chi connectivity index (χ3n) is 4.10. The molecule has 6 heteroatoms. The van der Waals surface area contributed by atoms with E-state index in [1.165, 1.54) is 23.9 Å². The first-order chi connectivity index (χ1) is 13.8. The highest BCUT2D eigenvalue weighted by Crippen LogP contribution is 2.37. The maximum absolute atomic E-state index is 12.7. The van der Waals surface area contributed by atoms with Gasteiger partial charge in [0, 0.05) is 27.5 Å². The second-order valence-electron chi connectivity index (χ2n) is 6.40. The minimum Gasteiger partial charge on any atom is -0.294 e. The van der Waals surface area contributed by atoms with Gasteiger partial charge < -0.3 is 0 Å². The number of para-hydroxylation sites is 1. The largest absolute Gasteiger partial charge is 0.416 e. The summed E-state index contributed by atoms with van der Waals surface area (Å²) in [6, 6.07) is 21.4. The Kier molecular flexibility index (Phi) is 6.54. The Morgan fingerprint density at radius 1 is 0.897 bits per heavy atom. The Labute approximate surface area is 171 Å². The lowest BCUT2D eigenvalue weighted by atomic mass is 10.1. The Balaban J connectivity index is 1.76. The smallest absolute Gasteiger partial charge is 0.294 e. The molecule has 0 bridgehead atoms. The average molecular weight is 413 g/mol. The first-order valence-corrected chi connectivity index (χ1v) is 9.71. The summed E-state index contributed by atoms with van der Waals surface area (Å²) in [7, 11) is 0. The van der Waals surface area contributed by atoms with Gasteiger partial charge in [-0.1, -0.05) is 54.2 Å². The molecule has 0 fully saturated rings. The quantitative estimate of drug-likeness (QED) is 0.315. The van der Waals surface area contributed by atoms with Crippen LogP contribution in [-0.2, 0) is 6.18 Å². The number of hydrogen-bond donors (Lipinski definition) is 0. The van der Waals surface area contributed by atoms with Gasteiger partial charge in [-0.05, 0) is 43.3 Å². The van der Waals surface area contributed by atoms with Crippen molar-refractivity contribution in [1.82, 2.24) is 0 Å². The number of halogens is 3. The van der Waals surface area contributed by atoms with E-state index in [1.807, 2.05) is 42.5 Å². The minimum atomic E-state index is -4.35. The number of ketones is 1. The van der Waals surface area contributed by atoms with Crippen LogP contribution in [0, 0.1) is 0 Å². The van der Waals surface area contributed by atoms with Crippen molar-refractivity contribution in [2.75, 3.05) is 0 Å². The highest BCUT2D eigenvalue weighted by atomic mass is 32.2. The van der Waals surface area contributed by atoms with Crippen molar-refractivity contribution in [3.05, 3.63) is 90.0 Å². The summed E-state index contributed by atoms with van der Waals surface area (Å²) >= 11 is 1.33. The zero-order valence-electron chi connectivity index (χ0n) is 15.6. The van der Waals surface area contributed by atoms with E-state index in [1.54, 1.807) is 19.1 Å². The third-order valence-corrected chi connectivity index (χ3v) is 5.17. The topological polar surface area (TPSA) is 29.4 Å². The number of benzene rings is 3. The zero-order chi connectivity index (χ0) is 20.9. The van der Waals surface area contributed by atoms with Crippen molar-refractivity contribution in [2.24, 2.45) is 4.99 Å². The van der Waals surface area contributed by atoms with E-state index in [4.69, 9.17) is 0 Å². The number of alkyl halides is 3. The lowest BCUT2D eigenvalue weighted by molar-refractivity contribution is -0.137. The summed E-state index contributed by atoms with van der Waals surface area (Å²) in [4.78, 5) is 18.4. The molecule has 0 saturated heterocycles. The monoisotopic (exact) mass is 413 g/mol. The van der Waals surface area contributed by atoms with Crippen LogP contribution in [-0.4, -0.2) is 11.5 Å². The normalized spacial score (nSPS) is 12.1. The fraction of sp³-hybridized carbons (Fsp3) is 0.130. The van der Waals surface area contributed by atoms with Gasteiger partial charge in [-0.2, -0.15) is 13.2 Å². The molecule has 3 aromatic rings. The minimum absolute atomic E-state index is 0.0141. The number of Topliss-reactive ketones (excluding diaryl/α,β-unsaturated/α-hetero) is 1.